The standard InChI is InChI=1S/C13H22N4O2/c1-9-4-6-17(7-5-9)8-10-11(14)15(2)13(19)16(3)12(10)18/h9H,4-8,14H2,1-3H3. The first-order valence-corrected chi connectivity index (χ1v) is 6.68. The fourth-order valence-electron chi connectivity index (χ4n) is 2.52. The smallest absolute Gasteiger partial charge is 0.332 e. The van der Waals surface area contributed by atoms with Crippen LogP contribution in [0.3, 0.4) is 0 Å². The van der Waals surface area contributed by atoms with E-state index in [1.54, 1.807) is 7.05 Å². The Hall–Kier alpha value is -1.56. The summed E-state index contributed by atoms with van der Waals surface area (Å²) in [5, 5.41) is 0. The number of aromatic nitrogens is 2. The van der Waals surface area contributed by atoms with Gasteiger partial charge in [0.1, 0.15) is 5.82 Å². The van der Waals surface area contributed by atoms with E-state index >= 15 is 0 Å². The van der Waals surface area contributed by atoms with E-state index in [1.807, 2.05) is 0 Å². The highest BCUT2D eigenvalue weighted by molar-refractivity contribution is 5.38. The quantitative estimate of drug-likeness (QED) is 0.811. The molecule has 0 saturated carbocycles. The third-order valence-corrected chi connectivity index (χ3v) is 4.07. The van der Waals surface area contributed by atoms with Gasteiger partial charge in [-0.2, -0.15) is 0 Å². The van der Waals surface area contributed by atoms with Crippen LogP contribution in [0.15, 0.2) is 9.59 Å². The molecule has 0 spiro atoms. The molecule has 6 nitrogen and oxygen atoms in total. The van der Waals surface area contributed by atoms with Crippen LogP contribution < -0.4 is 17.0 Å². The molecule has 1 fully saturated rings. The van der Waals surface area contributed by atoms with Gasteiger partial charge < -0.3 is 5.73 Å². The number of piperidine rings is 1. The third kappa shape index (κ3) is 2.58. The van der Waals surface area contributed by atoms with Gasteiger partial charge in [0.05, 0.1) is 5.56 Å². The van der Waals surface area contributed by atoms with Gasteiger partial charge in [-0.05, 0) is 31.8 Å². The average molecular weight is 266 g/mol. The molecular formula is C13H22N4O2. The van der Waals surface area contributed by atoms with Crippen molar-refractivity contribution in [3.63, 3.8) is 0 Å². The van der Waals surface area contributed by atoms with E-state index in [-0.39, 0.29) is 17.1 Å². The molecule has 0 amide bonds. The van der Waals surface area contributed by atoms with E-state index in [9.17, 15) is 9.59 Å². The molecular weight excluding hydrogens is 244 g/mol. The highest BCUT2D eigenvalue weighted by Crippen LogP contribution is 2.18. The SMILES string of the molecule is CC1CCN(Cc2c(N)n(C)c(=O)n(C)c2=O)CC1. The number of hydrogen-bond donors (Lipinski definition) is 1. The van der Waals surface area contributed by atoms with Crippen molar-refractivity contribution in [3.8, 4) is 0 Å². The Morgan fingerprint density at radius 3 is 2.32 bits per heavy atom. The highest BCUT2D eigenvalue weighted by atomic mass is 16.2. The van der Waals surface area contributed by atoms with Gasteiger partial charge in [-0.3, -0.25) is 18.8 Å². The maximum atomic E-state index is 12.1. The molecule has 1 aromatic heterocycles. The van der Waals surface area contributed by atoms with E-state index in [0.717, 1.165) is 36.4 Å². The maximum Gasteiger partial charge on any atom is 0.332 e. The third-order valence-electron chi connectivity index (χ3n) is 4.07. The average Bonchev–Trinajstić information content (AvgIpc) is 2.41. The van der Waals surface area contributed by atoms with Gasteiger partial charge in [-0.15, -0.1) is 0 Å². The molecule has 0 radical (unpaired) electrons. The summed E-state index contributed by atoms with van der Waals surface area (Å²) in [4.78, 5) is 26.1. The minimum Gasteiger partial charge on any atom is -0.385 e. The zero-order valence-electron chi connectivity index (χ0n) is 11.8. The minimum atomic E-state index is -0.376. The number of nitrogens with two attached hydrogens (primary N) is 1. The van der Waals surface area contributed by atoms with E-state index in [4.69, 9.17) is 5.73 Å². The Morgan fingerprint density at radius 1 is 1.16 bits per heavy atom. The van der Waals surface area contributed by atoms with Gasteiger partial charge >= 0.3 is 5.69 Å². The first-order chi connectivity index (χ1) is 8.91. The Bertz CT molecular complexity index is 580. The van der Waals surface area contributed by atoms with Crippen LogP contribution in [-0.4, -0.2) is 27.1 Å². The van der Waals surface area contributed by atoms with Gasteiger partial charge in [0.15, 0.2) is 0 Å². The summed E-state index contributed by atoms with van der Waals surface area (Å²) >= 11 is 0. The molecule has 2 rings (SSSR count). The Labute approximate surface area is 112 Å². The zero-order chi connectivity index (χ0) is 14.2. The van der Waals surface area contributed by atoms with Crippen LogP contribution in [-0.2, 0) is 20.6 Å². The molecule has 0 atom stereocenters. The van der Waals surface area contributed by atoms with Crippen LogP contribution in [0.25, 0.3) is 0 Å². The van der Waals surface area contributed by atoms with Crippen molar-refractivity contribution in [2.24, 2.45) is 20.0 Å². The molecule has 0 aromatic carbocycles. The Kier molecular flexibility index (Phi) is 3.80. The van der Waals surface area contributed by atoms with Crippen molar-refractivity contribution in [3.05, 3.63) is 26.4 Å². The van der Waals surface area contributed by atoms with Crippen molar-refractivity contribution in [2.45, 2.75) is 26.3 Å². The predicted molar refractivity (Wildman–Crippen MR) is 75.0 cm³/mol. The van der Waals surface area contributed by atoms with Crippen LogP contribution in [0.2, 0.25) is 0 Å². The molecule has 0 unspecified atom stereocenters. The van der Waals surface area contributed by atoms with Crippen molar-refractivity contribution in [1.82, 2.24) is 14.0 Å². The fraction of sp³-hybridized carbons (Fsp3) is 0.692. The largest absolute Gasteiger partial charge is 0.385 e. The number of likely N-dealkylation sites (tertiary alicyclic amines) is 1. The molecule has 1 saturated heterocycles. The highest BCUT2D eigenvalue weighted by Gasteiger charge is 2.20. The number of nitrogens with zero attached hydrogens (tertiary/aromatic N) is 3. The number of anilines is 1. The Morgan fingerprint density at radius 2 is 1.74 bits per heavy atom. The molecule has 0 aliphatic carbocycles. The summed E-state index contributed by atoms with van der Waals surface area (Å²) in [6, 6.07) is 0. The van der Waals surface area contributed by atoms with Crippen molar-refractivity contribution < 1.29 is 0 Å². The van der Waals surface area contributed by atoms with Crippen molar-refractivity contribution in [2.75, 3.05) is 18.8 Å². The van der Waals surface area contributed by atoms with Crippen LogP contribution in [0.5, 0.6) is 0 Å². The van der Waals surface area contributed by atoms with Crippen LogP contribution in [0, 0.1) is 5.92 Å². The molecule has 0 bridgehead atoms. The molecule has 2 N–H and O–H groups in total. The summed E-state index contributed by atoms with van der Waals surface area (Å²) in [6.07, 6.45) is 2.29. The van der Waals surface area contributed by atoms with Gasteiger partial charge in [-0.1, -0.05) is 6.92 Å². The molecule has 1 aromatic rings. The van der Waals surface area contributed by atoms with E-state index in [2.05, 4.69) is 11.8 Å². The fourth-order valence-corrected chi connectivity index (χ4v) is 2.52. The monoisotopic (exact) mass is 266 g/mol. The molecule has 1 aliphatic heterocycles. The first kappa shape index (κ1) is 13.9. The number of rotatable bonds is 2. The predicted octanol–water partition coefficient (Wildman–Crippen LogP) is -0.102. The summed E-state index contributed by atoms with van der Waals surface area (Å²) in [5.41, 5.74) is 5.79. The zero-order valence-corrected chi connectivity index (χ0v) is 11.8. The van der Waals surface area contributed by atoms with Gasteiger partial charge in [-0.25, -0.2) is 4.79 Å². The molecule has 1 aliphatic rings. The van der Waals surface area contributed by atoms with E-state index in [1.165, 1.54) is 11.6 Å². The van der Waals surface area contributed by atoms with E-state index in [0.29, 0.717) is 12.1 Å². The normalized spacial score (nSPS) is 17.8. The van der Waals surface area contributed by atoms with Gasteiger partial charge in [0, 0.05) is 20.6 Å². The molecule has 106 valence electrons. The van der Waals surface area contributed by atoms with Gasteiger partial charge in [0.25, 0.3) is 5.56 Å². The molecule has 19 heavy (non-hydrogen) atoms. The lowest BCUT2D eigenvalue weighted by Crippen LogP contribution is -2.43. The summed E-state index contributed by atoms with van der Waals surface area (Å²) < 4.78 is 2.46. The first-order valence-electron chi connectivity index (χ1n) is 6.68. The lowest BCUT2D eigenvalue weighted by atomic mass is 9.99. The second kappa shape index (κ2) is 5.21. The lowest BCUT2D eigenvalue weighted by molar-refractivity contribution is 0.184. The Balaban J connectivity index is 2.31. The number of nitrogen functional groups attached to an aromatic ring is 1. The maximum absolute atomic E-state index is 12.1. The lowest BCUT2D eigenvalue weighted by Gasteiger charge is -2.30. The topological polar surface area (TPSA) is 73.3 Å². The van der Waals surface area contributed by atoms with Crippen LogP contribution in [0.4, 0.5) is 5.82 Å². The van der Waals surface area contributed by atoms with Crippen LogP contribution >= 0.6 is 0 Å². The van der Waals surface area contributed by atoms with Gasteiger partial charge in [0.2, 0.25) is 0 Å². The second-order valence-corrected chi connectivity index (χ2v) is 5.53. The molecule has 6 heteroatoms. The number of hydrogen-bond acceptors (Lipinski definition) is 4. The molecule has 2 heterocycles. The summed E-state index contributed by atoms with van der Waals surface area (Å²) in [5.74, 6) is 1.03. The van der Waals surface area contributed by atoms with Crippen molar-refractivity contribution >= 4 is 5.82 Å². The summed E-state index contributed by atoms with van der Waals surface area (Å²) in [6.45, 7) is 4.73. The minimum absolute atomic E-state index is 0.278. The van der Waals surface area contributed by atoms with Crippen molar-refractivity contribution in [1.29, 1.82) is 0 Å². The second-order valence-electron chi connectivity index (χ2n) is 5.53. The van der Waals surface area contributed by atoms with Crippen LogP contribution in [0.1, 0.15) is 25.3 Å². The summed E-state index contributed by atoms with van der Waals surface area (Å²) in [7, 11) is 3.09. The van der Waals surface area contributed by atoms with E-state index < -0.39 is 0 Å².